The van der Waals surface area contributed by atoms with Gasteiger partial charge in [-0.15, -0.1) is 0 Å². The van der Waals surface area contributed by atoms with E-state index in [2.05, 4.69) is 11.8 Å². The van der Waals surface area contributed by atoms with Crippen molar-refractivity contribution in [2.75, 3.05) is 26.8 Å². The molecular formula is C15H19NO4S. The van der Waals surface area contributed by atoms with Crippen LogP contribution in [0.3, 0.4) is 0 Å². The molecular weight excluding hydrogens is 290 g/mol. The van der Waals surface area contributed by atoms with Crippen LogP contribution in [0.4, 0.5) is 0 Å². The van der Waals surface area contributed by atoms with E-state index < -0.39 is 10.0 Å². The van der Waals surface area contributed by atoms with E-state index in [1.165, 1.54) is 4.31 Å². The second-order valence-corrected chi connectivity index (χ2v) is 6.79. The predicted octanol–water partition coefficient (Wildman–Crippen LogP) is 0.830. The van der Waals surface area contributed by atoms with Gasteiger partial charge in [0.1, 0.15) is 6.61 Å². The third kappa shape index (κ3) is 3.83. The first-order valence-electron chi connectivity index (χ1n) is 6.80. The Morgan fingerprint density at radius 3 is 2.71 bits per heavy atom. The molecule has 1 fully saturated rings. The molecule has 1 saturated heterocycles. The summed E-state index contributed by atoms with van der Waals surface area (Å²) in [6.45, 7) is 0.700. The van der Waals surface area contributed by atoms with Crippen LogP contribution < -0.4 is 0 Å². The molecule has 0 spiro atoms. The van der Waals surface area contributed by atoms with E-state index in [-0.39, 0.29) is 17.6 Å². The summed E-state index contributed by atoms with van der Waals surface area (Å²) < 4.78 is 31.9. The summed E-state index contributed by atoms with van der Waals surface area (Å²) in [5, 5.41) is 8.64. The number of aliphatic hydroxyl groups excluding tert-OH is 1. The molecule has 114 valence electrons. The number of aliphatic hydroxyl groups is 1. The summed E-state index contributed by atoms with van der Waals surface area (Å²) in [5.74, 6) is 5.27. The molecule has 1 aliphatic heterocycles. The Hall–Kier alpha value is -1.39. The van der Waals surface area contributed by atoms with Gasteiger partial charge in [-0.1, -0.05) is 11.8 Å². The molecule has 0 radical (unpaired) electrons. The van der Waals surface area contributed by atoms with Crippen molar-refractivity contribution in [2.24, 2.45) is 0 Å². The molecule has 0 saturated carbocycles. The van der Waals surface area contributed by atoms with Crippen LogP contribution >= 0.6 is 0 Å². The number of ether oxygens (including phenoxy) is 1. The molecule has 1 heterocycles. The molecule has 1 aromatic carbocycles. The molecule has 1 N–H and O–H groups in total. The number of benzene rings is 1. The van der Waals surface area contributed by atoms with Crippen LogP contribution in [0.1, 0.15) is 18.4 Å². The molecule has 1 aromatic rings. The minimum atomic E-state index is -3.49. The number of methoxy groups -OCH3 is 1. The smallest absolute Gasteiger partial charge is 0.243 e. The van der Waals surface area contributed by atoms with Crippen LogP contribution in [0, 0.1) is 11.8 Å². The number of nitrogens with zero attached hydrogens (tertiary/aromatic N) is 1. The lowest BCUT2D eigenvalue weighted by atomic mass is 10.1. The molecule has 5 nitrogen and oxygen atoms in total. The summed E-state index contributed by atoms with van der Waals surface area (Å²) in [4.78, 5) is 0.258. The molecule has 0 aromatic heterocycles. The molecule has 1 atom stereocenters. The van der Waals surface area contributed by atoms with Gasteiger partial charge in [0.25, 0.3) is 0 Å². The van der Waals surface area contributed by atoms with Crippen LogP contribution in [0.25, 0.3) is 0 Å². The van der Waals surface area contributed by atoms with Crippen molar-refractivity contribution in [3.8, 4) is 11.8 Å². The van der Waals surface area contributed by atoms with Crippen molar-refractivity contribution in [2.45, 2.75) is 23.8 Å². The lowest BCUT2D eigenvalue weighted by Crippen LogP contribution is -2.42. The highest BCUT2D eigenvalue weighted by Crippen LogP contribution is 2.22. The van der Waals surface area contributed by atoms with Crippen molar-refractivity contribution in [3.63, 3.8) is 0 Å². The van der Waals surface area contributed by atoms with E-state index in [0.29, 0.717) is 18.7 Å². The first-order valence-corrected chi connectivity index (χ1v) is 8.24. The third-order valence-corrected chi connectivity index (χ3v) is 5.36. The highest BCUT2D eigenvalue weighted by Gasteiger charge is 2.30. The Labute approximate surface area is 125 Å². The number of sulfonamides is 1. The first kappa shape index (κ1) is 16.0. The summed E-state index contributed by atoms with van der Waals surface area (Å²) in [5.41, 5.74) is 0.677. The van der Waals surface area contributed by atoms with Crippen LogP contribution in [0.5, 0.6) is 0 Å². The summed E-state index contributed by atoms with van der Waals surface area (Å²) in [6.07, 6.45) is 1.65. The van der Waals surface area contributed by atoms with Gasteiger partial charge in [-0.2, -0.15) is 4.31 Å². The van der Waals surface area contributed by atoms with Gasteiger partial charge in [0, 0.05) is 25.8 Å². The standard InChI is InChI=1S/C15H19NO4S/c1-20-14-5-2-10-16(12-14)21(18,19)15-8-6-13(7-9-15)4-3-11-17/h6-9,14,17H,2,5,10-12H2,1H3. The lowest BCUT2D eigenvalue weighted by Gasteiger charge is -2.31. The second-order valence-electron chi connectivity index (χ2n) is 4.85. The summed E-state index contributed by atoms with van der Waals surface area (Å²) in [7, 11) is -1.88. The molecule has 0 amide bonds. The van der Waals surface area contributed by atoms with Gasteiger partial charge >= 0.3 is 0 Å². The number of hydrogen-bond donors (Lipinski definition) is 1. The van der Waals surface area contributed by atoms with Crippen LogP contribution in [-0.2, 0) is 14.8 Å². The Morgan fingerprint density at radius 1 is 1.38 bits per heavy atom. The Morgan fingerprint density at radius 2 is 2.10 bits per heavy atom. The summed E-state index contributed by atoms with van der Waals surface area (Å²) >= 11 is 0. The molecule has 0 bridgehead atoms. The topological polar surface area (TPSA) is 66.8 Å². The maximum atomic E-state index is 12.6. The fourth-order valence-electron chi connectivity index (χ4n) is 2.32. The highest BCUT2D eigenvalue weighted by molar-refractivity contribution is 7.89. The van der Waals surface area contributed by atoms with E-state index in [4.69, 9.17) is 9.84 Å². The van der Waals surface area contributed by atoms with Gasteiger partial charge in [-0.05, 0) is 37.1 Å². The number of hydrogen-bond acceptors (Lipinski definition) is 4. The van der Waals surface area contributed by atoms with Gasteiger partial charge in [-0.25, -0.2) is 8.42 Å². The quantitative estimate of drug-likeness (QED) is 0.840. The van der Waals surface area contributed by atoms with Gasteiger partial charge < -0.3 is 9.84 Å². The fraction of sp³-hybridized carbons (Fsp3) is 0.467. The van der Waals surface area contributed by atoms with Crippen molar-refractivity contribution < 1.29 is 18.3 Å². The van der Waals surface area contributed by atoms with Gasteiger partial charge in [-0.3, -0.25) is 0 Å². The van der Waals surface area contributed by atoms with Gasteiger partial charge in [0.15, 0.2) is 0 Å². The van der Waals surface area contributed by atoms with E-state index >= 15 is 0 Å². The largest absolute Gasteiger partial charge is 0.384 e. The zero-order chi connectivity index (χ0) is 15.3. The third-order valence-electron chi connectivity index (χ3n) is 3.48. The minimum absolute atomic E-state index is 0.0387. The van der Waals surface area contributed by atoms with Crippen molar-refractivity contribution in [3.05, 3.63) is 29.8 Å². The second kappa shape index (κ2) is 7.05. The van der Waals surface area contributed by atoms with Crippen molar-refractivity contribution in [1.82, 2.24) is 4.31 Å². The van der Waals surface area contributed by atoms with Gasteiger partial charge in [0.2, 0.25) is 10.0 Å². The SMILES string of the molecule is COC1CCCN(S(=O)(=O)c2ccc(C#CCO)cc2)C1. The van der Waals surface area contributed by atoms with E-state index in [9.17, 15) is 8.42 Å². The normalized spacial score (nSPS) is 19.8. The monoisotopic (exact) mass is 309 g/mol. The molecule has 0 aliphatic carbocycles. The minimum Gasteiger partial charge on any atom is -0.384 e. The maximum Gasteiger partial charge on any atom is 0.243 e. The lowest BCUT2D eigenvalue weighted by molar-refractivity contribution is 0.0572. The van der Waals surface area contributed by atoms with E-state index in [0.717, 1.165) is 12.8 Å². The highest BCUT2D eigenvalue weighted by atomic mass is 32.2. The Kier molecular flexibility index (Phi) is 5.37. The molecule has 6 heteroatoms. The maximum absolute atomic E-state index is 12.6. The van der Waals surface area contributed by atoms with E-state index in [1.807, 2.05) is 0 Å². The first-order chi connectivity index (χ1) is 10.1. The van der Waals surface area contributed by atoms with Crippen LogP contribution in [0.15, 0.2) is 29.2 Å². The number of rotatable bonds is 3. The summed E-state index contributed by atoms with van der Waals surface area (Å²) in [6, 6.07) is 6.39. The number of piperidine rings is 1. The average molecular weight is 309 g/mol. The fourth-order valence-corrected chi connectivity index (χ4v) is 3.83. The molecule has 2 rings (SSSR count). The van der Waals surface area contributed by atoms with Gasteiger partial charge in [0.05, 0.1) is 11.0 Å². The molecule has 21 heavy (non-hydrogen) atoms. The predicted molar refractivity (Wildman–Crippen MR) is 79.2 cm³/mol. The molecule has 1 aliphatic rings. The molecule has 1 unspecified atom stereocenters. The zero-order valence-electron chi connectivity index (χ0n) is 11.9. The van der Waals surface area contributed by atoms with Crippen molar-refractivity contribution >= 4 is 10.0 Å². The Balaban J connectivity index is 2.19. The zero-order valence-corrected chi connectivity index (χ0v) is 12.8. The average Bonchev–Trinajstić information content (AvgIpc) is 2.53. The van der Waals surface area contributed by atoms with E-state index in [1.54, 1.807) is 31.4 Å². The van der Waals surface area contributed by atoms with Crippen LogP contribution in [-0.4, -0.2) is 50.7 Å². The van der Waals surface area contributed by atoms with Crippen LogP contribution in [0.2, 0.25) is 0 Å². The Bertz CT molecular complexity index is 628. The van der Waals surface area contributed by atoms with Crippen molar-refractivity contribution in [1.29, 1.82) is 0 Å².